The van der Waals surface area contributed by atoms with Crippen molar-refractivity contribution in [2.45, 2.75) is 0 Å². The van der Waals surface area contributed by atoms with Gasteiger partial charge in [-0.05, 0) is 220 Å². The van der Waals surface area contributed by atoms with Gasteiger partial charge >= 0.3 is 0 Å². The Hall–Kier alpha value is -12.5. The normalized spacial score (nSPS) is 11.6. The Morgan fingerprint density at radius 2 is 0.474 bits per heavy atom. The zero-order valence-corrected chi connectivity index (χ0v) is 52.0. The Morgan fingerprint density at radius 1 is 0.179 bits per heavy atom. The first-order valence-electron chi connectivity index (χ1n) is 32.7. The fourth-order valence-corrected chi connectivity index (χ4v) is 14.8. The molecule has 0 unspecified atom stereocenters. The second-order valence-electron chi connectivity index (χ2n) is 24.9. The van der Waals surface area contributed by atoms with Crippen molar-refractivity contribution in [3.8, 4) is 83.8 Å². The number of aromatic nitrogens is 2. The zero-order valence-electron chi connectivity index (χ0n) is 52.0. The molecule has 0 atom stereocenters. The van der Waals surface area contributed by atoms with Crippen LogP contribution in [0.5, 0.6) is 0 Å². The predicted octanol–water partition coefficient (Wildman–Crippen LogP) is 25.6. The van der Waals surface area contributed by atoms with E-state index < -0.39 is 0 Å². The van der Waals surface area contributed by atoms with Crippen LogP contribution in [0.2, 0.25) is 0 Å². The highest BCUT2D eigenvalue weighted by Crippen LogP contribution is 2.49. The van der Waals surface area contributed by atoms with E-state index in [-0.39, 0.29) is 0 Å². The summed E-state index contributed by atoms with van der Waals surface area (Å²) in [5.74, 6) is 0.930. The molecule has 0 spiro atoms. The van der Waals surface area contributed by atoms with E-state index in [4.69, 9.17) is 4.98 Å². The van der Waals surface area contributed by atoms with Gasteiger partial charge in [-0.3, -0.25) is 4.57 Å². The highest BCUT2D eigenvalue weighted by Gasteiger charge is 2.23. The van der Waals surface area contributed by atoms with Crippen LogP contribution in [0.25, 0.3) is 181 Å². The minimum atomic E-state index is 0.930. The second-order valence-corrected chi connectivity index (χ2v) is 24.9. The molecular weight excluding hydrogens is 1150 g/mol. The molecule has 19 aromatic rings. The molecule has 1 heterocycles. The number of benzene rings is 18. The molecule has 0 saturated heterocycles. The van der Waals surface area contributed by atoms with Crippen molar-refractivity contribution in [2.24, 2.45) is 0 Å². The quantitative estimate of drug-likeness (QED) is 0.139. The van der Waals surface area contributed by atoms with Gasteiger partial charge in [0.15, 0.2) is 0 Å². The van der Waals surface area contributed by atoms with Gasteiger partial charge in [-0.1, -0.05) is 297 Å². The molecule has 0 aliphatic rings. The summed E-state index contributed by atoms with van der Waals surface area (Å²) in [6.45, 7) is 0. The molecular formula is C93H60N2. The largest absolute Gasteiger partial charge is 0.292 e. The van der Waals surface area contributed by atoms with Gasteiger partial charge in [0.05, 0.1) is 11.0 Å². The Labute approximate surface area is 551 Å². The minimum Gasteiger partial charge on any atom is -0.292 e. The van der Waals surface area contributed by atoms with Crippen molar-refractivity contribution in [3.63, 3.8) is 0 Å². The molecule has 0 radical (unpaired) electrons. The summed E-state index contributed by atoms with van der Waals surface area (Å²) in [5.41, 5.74) is 19.1. The minimum absolute atomic E-state index is 0.930. The van der Waals surface area contributed by atoms with Crippen LogP contribution in [0.3, 0.4) is 0 Å². The second kappa shape index (κ2) is 23.3. The first-order chi connectivity index (χ1) is 47.1. The van der Waals surface area contributed by atoms with E-state index in [0.717, 1.165) is 28.1 Å². The van der Waals surface area contributed by atoms with Crippen LogP contribution in [-0.4, -0.2) is 9.55 Å². The summed E-state index contributed by atoms with van der Waals surface area (Å²) in [4.78, 5) is 5.25. The molecule has 0 N–H and O–H groups in total. The number of imidazole rings is 1. The Kier molecular flexibility index (Phi) is 13.6. The average molecular weight is 1210 g/mol. The highest BCUT2D eigenvalue weighted by molar-refractivity contribution is 6.25. The molecule has 0 fully saturated rings. The van der Waals surface area contributed by atoms with Gasteiger partial charge in [0.25, 0.3) is 0 Å². The SMILES string of the molecule is c1ccc(-c2ccc3c(-c4ccc5ccccc5c4)c4cc(-c5ccccc5)ccc4c(-c4ccc5ccccc5c4)c3c2)cc1.c1ccc(-n2c(-c3ccc4c(-c5ccc6ccccc6c5)c5ccccc5c(-c5ccc6ccccc6c5)c4c3)nc3ccccc32)cc1. The van der Waals surface area contributed by atoms with Gasteiger partial charge in [0.2, 0.25) is 0 Å². The van der Waals surface area contributed by atoms with Crippen LogP contribution in [-0.2, 0) is 0 Å². The van der Waals surface area contributed by atoms with Crippen molar-refractivity contribution in [1.29, 1.82) is 0 Å². The average Bonchev–Trinajstić information content (AvgIpc) is 0.846. The van der Waals surface area contributed by atoms with Crippen LogP contribution >= 0.6 is 0 Å². The zero-order chi connectivity index (χ0) is 62.8. The molecule has 0 bridgehead atoms. The number of rotatable bonds is 8. The molecule has 0 amide bonds. The van der Waals surface area contributed by atoms with E-state index in [1.807, 2.05) is 0 Å². The Morgan fingerprint density at radius 3 is 0.884 bits per heavy atom. The van der Waals surface area contributed by atoms with Gasteiger partial charge in [-0.25, -0.2) is 4.98 Å². The summed E-state index contributed by atoms with van der Waals surface area (Å²) in [5, 5.41) is 19.9. The lowest BCUT2D eigenvalue weighted by Gasteiger charge is -2.20. The first kappa shape index (κ1) is 55.4. The molecule has 95 heavy (non-hydrogen) atoms. The lowest BCUT2D eigenvalue weighted by molar-refractivity contribution is 1.10. The van der Waals surface area contributed by atoms with Crippen molar-refractivity contribution in [1.82, 2.24) is 9.55 Å². The van der Waals surface area contributed by atoms with Crippen molar-refractivity contribution in [2.75, 3.05) is 0 Å². The number of nitrogens with zero attached hydrogens (tertiary/aromatic N) is 2. The third-order valence-electron chi connectivity index (χ3n) is 19.3. The fourth-order valence-electron chi connectivity index (χ4n) is 14.8. The molecule has 0 saturated carbocycles. The van der Waals surface area contributed by atoms with Crippen LogP contribution in [0.1, 0.15) is 0 Å². The monoisotopic (exact) mass is 1200 g/mol. The van der Waals surface area contributed by atoms with E-state index in [1.54, 1.807) is 0 Å². The highest BCUT2D eigenvalue weighted by atomic mass is 15.1. The molecule has 18 aromatic carbocycles. The van der Waals surface area contributed by atoms with Crippen molar-refractivity contribution in [3.05, 3.63) is 364 Å². The van der Waals surface area contributed by atoms with Gasteiger partial charge in [0, 0.05) is 11.3 Å². The first-order valence-corrected chi connectivity index (χ1v) is 32.7. The molecule has 2 nitrogen and oxygen atoms in total. The fraction of sp³-hybridized carbons (Fsp3) is 0. The Balaban J connectivity index is 0.000000139. The van der Waals surface area contributed by atoms with Gasteiger partial charge in [-0.2, -0.15) is 0 Å². The molecule has 442 valence electrons. The van der Waals surface area contributed by atoms with Gasteiger partial charge in [0.1, 0.15) is 5.82 Å². The predicted molar refractivity (Wildman–Crippen MR) is 406 cm³/mol. The van der Waals surface area contributed by atoms with Crippen molar-refractivity contribution < 1.29 is 0 Å². The standard InChI is InChI=1S/C47H30N2.C46H30/c1-2-16-38(17-3-1)49-44-21-11-10-20-43(44)48-47(49)37-26-27-41-42(30-37)46(36-25-23-32-13-5-7-15-34(32)29-36)40-19-9-8-18-39(40)45(41)35-24-22-31-12-4-6-14-33(31)28-35;1-3-11-31(12-4-1)37-23-25-41-43(29-37)45(39-21-19-33-15-7-9-17-35(33)27-39)42-26-24-38(32-13-5-2-6-14-32)30-44(42)46(41)40-22-20-34-16-8-10-18-36(34)28-40/h1-30H;1-30H. The molecule has 0 aliphatic heterocycles. The maximum absolute atomic E-state index is 5.25. The number of hydrogen-bond acceptors (Lipinski definition) is 1. The summed E-state index contributed by atoms with van der Waals surface area (Å²) in [6, 6.07) is 133. The molecule has 0 aliphatic carbocycles. The number of fused-ring (bicyclic) bond motifs is 9. The lowest BCUT2D eigenvalue weighted by atomic mass is 9.83. The summed E-state index contributed by atoms with van der Waals surface area (Å²) >= 11 is 0. The van der Waals surface area contributed by atoms with Gasteiger partial charge in [-0.15, -0.1) is 0 Å². The molecule has 19 rings (SSSR count). The van der Waals surface area contributed by atoms with E-state index in [0.29, 0.717) is 0 Å². The maximum atomic E-state index is 5.25. The molecule has 2 heteroatoms. The molecule has 1 aromatic heterocycles. The van der Waals surface area contributed by atoms with E-state index in [2.05, 4.69) is 369 Å². The number of para-hydroxylation sites is 3. The van der Waals surface area contributed by atoms with Crippen LogP contribution in [0.15, 0.2) is 364 Å². The van der Waals surface area contributed by atoms with E-state index in [1.165, 1.54) is 153 Å². The number of hydrogen-bond donors (Lipinski definition) is 0. The van der Waals surface area contributed by atoms with Crippen LogP contribution in [0, 0.1) is 0 Å². The van der Waals surface area contributed by atoms with E-state index in [9.17, 15) is 0 Å². The van der Waals surface area contributed by atoms with Crippen molar-refractivity contribution >= 4 is 97.2 Å². The summed E-state index contributed by atoms with van der Waals surface area (Å²) in [7, 11) is 0. The topological polar surface area (TPSA) is 17.8 Å². The summed E-state index contributed by atoms with van der Waals surface area (Å²) in [6.07, 6.45) is 0. The third-order valence-corrected chi connectivity index (χ3v) is 19.3. The van der Waals surface area contributed by atoms with Crippen LogP contribution in [0.4, 0.5) is 0 Å². The smallest absolute Gasteiger partial charge is 0.145 e. The lowest BCUT2D eigenvalue weighted by Crippen LogP contribution is -1.98. The van der Waals surface area contributed by atoms with Gasteiger partial charge < -0.3 is 0 Å². The van der Waals surface area contributed by atoms with Crippen LogP contribution < -0.4 is 0 Å². The third kappa shape index (κ3) is 9.87. The summed E-state index contributed by atoms with van der Waals surface area (Å²) < 4.78 is 2.29. The van der Waals surface area contributed by atoms with E-state index >= 15 is 0 Å². The Bertz CT molecular complexity index is 6020. The maximum Gasteiger partial charge on any atom is 0.145 e.